The largest absolute Gasteiger partial charge is 0.493 e. The zero-order valence-electron chi connectivity index (χ0n) is 27.9. The van der Waals surface area contributed by atoms with Gasteiger partial charge in [-0.2, -0.15) is 4.98 Å². The first-order valence-electron chi connectivity index (χ1n) is 16.7. The van der Waals surface area contributed by atoms with Crippen LogP contribution in [0.3, 0.4) is 0 Å². The number of esters is 1. The van der Waals surface area contributed by atoms with E-state index >= 15 is 0 Å². The highest BCUT2D eigenvalue weighted by molar-refractivity contribution is 7.90. The number of likely N-dealkylation sites (tertiary alicyclic amines) is 1. The minimum atomic E-state index is -3.02. The number of carbonyl (C=O) groups excluding carboxylic acids is 2. The number of sulfone groups is 1. The van der Waals surface area contributed by atoms with Gasteiger partial charge in [-0.3, -0.25) is 9.59 Å². The van der Waals surface area contributed by atoms with Crippen molar-refractivity contribution >= 4 is 38.6 Å². The number of benzene rings is 1. The first-order valence-corrected chi connectivity index (χ1v) is 18.8. The zero-order chi connectivity index (χ0) is 33.6. The van der Waals surface area contributed by atoms with Crippen LogP contribution in [0.2, 0.25) is 0 Å². The monoisotopic (exact) mass is 668 g/mol. The molecule has 12 nitrogen and oxygen atoms in total. The number of piperidine rings is 1. The van der Waals surface area contributed by atoms with E-state index in [1.165, 1.54) is 6.26 Å². The third kappa shape index (κ3) is 9.01. The fraction of sp³-hybridized carbons (Fsp3) is 0.588. The first kappa shape index (κ1) is 34.6. The van der Waals surface area contributed by atoms with Gasteiger partial charge in [0.05, 0.1) is 17.9 Å². The van der Waals surface area contributed by atoms with Gasteiger partial charge in [-0.15, -0.1) is 0 Å². The fourth-order valence-electron chi connectivity index (χ4n) is 6.60. The predicted octanol–water partition coefficient (Wildman–Crippen LogP) is 3.98. The van der Waals surface area contributed by atoms with Crippen molar-refractivity contribution in [2.24, 2.45) is 11.8 Å². The molecule has 47 heavy (non-hydrogen) atoms. The number of fused-ring (bicyclic) bond motifs is 1. The number of rotatable bonds is 13. The van der Waals surface area contributed by atoms with E-state index in [-0.39, 0.29) is 47.7 Å². The van der Waals surface area contributed by atoms with Gasteiger partial charge >= 0.3 is 5.97 Å². The number of carbonyl (C=O) groups is 2. The lowest BCUT2D eigenvalue weighted by Crippen LogP contribution is -2.47. The number of nitrogens with zero attached hydrogens (tertiary/aromatic N) is 4. The molecule has 1 aliphatic carbocycles. The van der Waals surface area contributed by atoms with Crippen LogP contribution in [0.25, 0.3) is 16.7 Å². The number of hydrogen-bond donors (Lipinski definition) is 2. The van der Waals surface area contributed by atoms with Gasteiger partial charge in [-0.1, -0.05) is 19.9 Å². The quantitative estimate of drug-likeness (QED) is 0.203. The van der Waals surface area contributed by atoms with Crippen molar-refractivity contribution in [3.8, 4) is 11.6 Å². The molecular formula is C34H48N6O6S. The number of anilines is 1. The molecule has 256 valence electrons. The molecule has 13 heteroatoms. The van der Waals surface area contributed by atoms with E-state index in [1.807, 2.05) is 59.8 Å². The Kier molecular flexibility index (Phi) is 11.4. The van der Waals surface area contributed by atoms with Crippen molar-refractivity contribution in [1.82, 2.24) is 24.8 Å². The molecule has 0 radical (unpaired) electrons. The molecule has 3 aromatic rings. The van der Waals surface area contributed by atoms with E-state index in [0.717, 1.165) is 42.4 Å². The maximum atomic E-state index is 13.3. The van der Waals surface area contributed by atoms with Crippen molar-refractivity contribution in [2.75, 3.05) is 44.1 Å². The Balaban J connectivity index is 1.11. The fourth-order valence-corrected chi connectivity index (χ4v) is 7.24. The number of hydrogen-bond acceptors (Lipinski definition) is 10. The van der Waals surface area contributed by atoms with Crippen LogP contribution in [0.15, 0.2) is 42.7 Å². The summed E-state index contributed by atoms with van der Waals surface area (Å²) in [5, 5.41) is 7.44. The van der Waals surface area contributed by atoms with Crippen LogP contribution in [0.4, 0.5) is 5.95 Å². The van der Waals surface area contributed by atoms with E-state index in [0.29, 0.717) is 50.7 Å². The van der Waals surface area contributed by atoms with Gasteiger partial charge in [-0.25, -0.2) is 13.4 Å². The van der Waals surface area contributed by atoms with Gasteiger partial charge < -0.3 is 29.6 Å². The molecule has 1 amide bonds. The average Bonchev–Trinajstić information content (AvgIpc) is 3.48. The molecule has 1 saturated carbocycles. The van der Waals surface area contributed by atoms with Crippen LogP contribution in [-0.2, 0) is 24.2 Å². The molecule has 1 aromatic carbocycles. The Morgan fingerprint density at radius 2 is 1.79 bits per heavy atom. The third-order valence-corrected chi connectivity index (χ3v) is 10.2. The summed E-state index contributed by atoms with van der Waals surface area (Å²) >= 11 is 0. The second kappa shape index (κ2) is 15.5. The second-order valence-electron chi connectivity index (χ2n) is 13.1. The number of amides is 1. The molecule has 0 unspecified atom stereocenters. The molecule has 2 N–H and O–H groups in total. The predicted molar refractivity (Wildman–Crippen MR) is 181 cm³/mol. The molecule has 1 aliphatic heterocycles. The van der Waals surface area contributed by atoms with E-state index in [9.17, 15) is 18.0 Å². The number of likely N-dealkylation sites (N-methyl/N-ethyl adjacent to an activating group) is 1. The lowest BCUT2D eigenvalue weighted by Gasteiger charge is -2.36. The van der Waals surface area contributed by atoms with Crippen molar-refractivity contribution in [3.63, 3.8) is 0 Å². The van der Waals surface area contributed by atoms with Gasteiger partial charge in [0.15, 0.2) is 0 Å². The molecule has 3 heterocycles. The lowest BCUT2D eigenvalue weighted by atomic mass is 9.85. The van der Waals surface area contributed by atoms with Crippen LogP contribution >= 0.6 is 0 Å². The average molecular weight is 669 g/mol. The number of ether oxygens (including phenoxy) is 2. The second-order valence-corrected chi connectivity index (χ2v) is 15.4. The topological polar surface area (TPSA) is 145 Å². The highest BCUT2D eigenvalue weighted by Gasteiger charge is 2.33. The van der Waals surface area contributed by atoms with Crippen molar-refractivity contribution in [1.29, 1.82) is 0 Å². The van der Waals surface area contributed by atoms with Gasteiger partial charge in [-0.05, 0) is 69.3 Å². The Morgan fingerprint density at radius 3 is 2.47 bits per heavy atom. The van der Waals surface area contributed by atoms with E-state index in [4.69, 9.17) is 14.5 Å². The summed E-state index contributed by atoms with van der Waals surface area (Å²) in [5.74, 6) is 2.20. The molecule has 1 atom stereocenters. The maximum Gasteiger partial charge on any atom is 0.323 e. The van der Waals surface area contributed by atoms with E-state index < -0.39 is 9.84 Å². The number of nitrogens with one attached hydrogen (secondary N) is 2. The Labute approximate surface area is 277 Å². The van der Waals surface area contributed by atoms with Crippen LogP contribution < -0.4 is 15.4 Å². The van der Waals surface area contributed by atoms with Crippen LogP contribution in [0.1, 0.15) is 58.8 Å². The molecule has 5 rings (SSSR count). The molecule has 2 fully saturated rings. The normalized spacial score (nSPS) is 19.9. The summed E-state index contributed by atoms with van der Waals surface area (Å²) in [5.41, 5.74) is 0.925. The standard InChI is InChI=1S/C34H48N6O6S/c1-23(2)31(35-3)33(42)46-26-14-18-39(19-15-26)32(41)24-9-11-25(12-10-24)37-34-36-17-13-30(38-34)40-20-16-27-28(40)7-5-8-29(27)45-21-6-22-47(4,43)44/h5,7-8,13,16-17,20,23-26,31,35H,6,9-12,14-15,18-19,21-22H2,1-4H3,(H,36,37,38)/t24?,25?,31-/m0/s1. The minimum Gasteiger partial charge on any atom is -0.493 e. The van der Waals surface area contributed by atoms with Crippen LogP contribution in [-0.4, -0.2) is 96.7 Å². The van der Waals surface area contributed by atoms with Gasteiger partial charge in [0.25, 0.3) is 0 Å². The summed E-state index contributed by atoms with van der Waals surface area (Å²) in [4.78, 5) is 37.1. The first-order chi connectivity index (χ1) is 22.5. The highest BCUT2D eigenvalue weighted by Crippen LogP contribution is 2.31. The Morgan fingerprint density at radius 1 is 1.04 bits per heavy atom. The molecule has 0 spiro atoms. The SMILES string of the molecule is CN[C@H](C(=O)OC1CCN(C(=O)C2CCC(Nc3nccc(-n4ccc5c(OCCCS(C)(=O)=O)cccc54)n3)CC2)CC1)C(C)C. The molecule has 1 saturated heterocycles. The minimum absolute atomic E-state index is 0.00282. The smallest absolute Gasteiger partial charge is 0.323 e. The van der Waals surface area contributed by atoms with Gasteiger partial charge in [0.1, 0.15) is 33.6 Å². The van der Waals surface area contributed by atoms with E-state index in [1.54, 1.807) is 13.2 Å². The Hall–Kier alpha value is -3.71. The lowest BCUT2D eigenvalue weighted by molar-refractivity contribution is -0.156. The van der Waals surface area contributed by atoms with Crippen LogP contribution in [0.5, 0.6) is 5.75 Å². The summed E-state index contributed by atoms with van der Waals surface area (Å²) in [7, 11) is -1.25. The van der Waals surface area contributed by atoms with E-state index in [2.05, 4.69) is 15.6 Å². The summed E-state index contributed by atoms with van der Waals surface area (Å²) in [6.45, 7) is 5.54. The van der Waals surface area contributed by atoms with Gasteiger partial charge in [0.2, 0.25) is 11.9 Å². The van der Waals surface area contributed by atoms with Crippen LogP contribution in [0, 0.1) is 11.8 Å². The number of aromatic nitrogens is 3. The Bertz CT molecular complexity index is 1630. The highest BCUT2D eigenvalue weighted by atomic mass is 32.2. The van der Waals surface area contributed by atoms with Crippen molar-refractivity contribution in [3.05, 3.63) is 42.7 Å². The zero-order valence-corrected chi connectivity index (χ0v) is 28.7. The van der Waals surface area contributed by atoms with Crippen molar-refractivity contribution in [2.45, 2.75) is 77.0 Å². The third-order valence-electron chi connectivity index (χ3n) is 9.18. The summed E-state index contributed by atoms with van der Waals surface area (Å²) in [6, 6.07) is 9.47. The molecular weight excluding hydrogens is 620 g/mol. The maximum absolute atomic E-state index is 13.3. The summed E-state index contributed by atoms with van der Waals surface area (Å²) < 4.78 is 36.5. The van der Waals surface area contributed by atoms with Crippen molar-refractivity contribution < 1.29 is 27.5 Å². The molecule has 2 aliphatic rings. The summed E-state index contributed by atoms with van der Waals surface area (Å²) in [6.07, 6.45) is 9.85. The molecule has 2 aromatic heterocycles. The van der Waals surface area contributed by atoms with Gasteiger partial charge in [0, 0.05) is 61.9 Å². The molecule has 0 bridgehead atoms.